The third kappa shape index (κ3) is 4.12. The van der Waals surface area contributed by atoms with Crippen molar-refractivity contribution in [1.29, 1.82) is 0 Å². The van der Waals surface area contributed by atoms with E-state index in [1.807, 2.05) is 12.1 Å². The maximum atomic E-state index is 12.0. The van der Waals surface area contributed by atoms with Crippen LogP contribution in [-0.2, 0) is 11.2 Å². The molecule has 6 heteroatoms. The minimum absolute atomic E-state index is 0.125. The van der Waals surface area contributed by atoms with E-state index in [9.17, 15) is 4.79 Å². The lowest BCUT2D eigenvalue weighted by Crippen LogP contribution is -2.14. The maximum absolute atomic E-state index is 12.0. The molecule has 4 nitrogen and oxygen atoms in total. The number of halogens is 2. The average molecular weight is 347 g/mol. The molecule has 0 unspecified atom stereocenters. The Balaban J connectivity index is 1.65. The molecular weight excluding hydrogens is 335 g/mol. The van der Waals surface area contributed by atoms with Gasteiger partial charge in [0.05, 0.1) is 12.1 Å². The molecule has 23 heavy (non-hydrogen) atoms. The molecule has 1 aromatic heterocycles. The van der Waals surface area contributed by atoms with Gasteiger partial charge in [0, 0.05) is 27.4 Å². The molecule has 0 fully saturated rings. The summed E-state index contributed by atoms with van der Waals surface area (Å²) in [5.74, 6) is 0.416. The molecule has 2 aromatic carbocycles. The van der Waals surface area contributed by atoms with Crippen molar-refractivity contribution in [1.82, 2.24) is 5.16 Å². The molecule has 1 amide bonds. The molecule has 0 aliphatic heterocycles. The number of benzene rings is 2. The van der Waals surface area contributed by atoms with Gasteiger partial charge in [-0.15, -0.1) is 0 Å². The van der Waals surface area contributed by atoms with Crippen LogP contribution in [-0.4, -0.2) is 11.1 Å². The molecule has 0 atom stereocenters. The highest BCUT2D eigenvalue weighted by atomic mass is 35.5. The first-order valence-electron chi connectivity index (χ1n) is 6.87. The van der Waals surface area contributed by atoms with Gasteiger partial charge in [-0.2, -0.15) is 0 Å². The van der Waals surface area contributed by atoms with E-state index < -0.39 is 0 Å². The van der Waals surface area contributed by atoms with Gasteiger partial charge in [0.25, 0.3) is 0 Å². The number of amides is 1. The monoisotopic (exact) mass is 346 g/mol. The van der Waals surface area contributed by atoms with Gasteiger partial charge >= 0.3 is 0 Å². The summed E-state index contributed by atoms with van der Waals surface area (Å²) in [7, 11) is 0. The molecular formula is C17H12Cl2N2O2. The second-order valence-electron chi connectivity index (χ2n) is 4.92. The summed E-state index contributed by atoms with van der Waals surface area (Å²) in [5, 5.41) is 7.96. The summed E-state index contributed by atoms with van der Waals surface area (Å²) in [6, 6.07) is 15.9. The number of carbonyl (C=O) groups excluding carboxylic acids is 1. The quantitative estimate of drug-likeness (QED) is 0.735. The van der Waals surface area contributed by atoms with Crippen molar-refractivity contribution in [3.05, 3.63) is 70.3 Å². The second kappa shape index (κ2) is 6.86. The number of anilines is 1. The van der Waals surface area contributed by atoms with Gasteiger partial charge < -0.3 is 9.84 Å². The lowest BCUT2D eigenvalue weighted by Gasteiger charge is -2.03. The van der Waals surface area contributed by atoms with E-state index in [4.69, 9.17) is 27.7 Å². The fourth-order valence-electron chi connectivity index (χ4n) is 2.05. The number of aromatic nitrogens is 1. The molecule has 3 aromatic rings. The van der Waals surface area contributed by atoms with Crippen molar-refractivity contribution in [2.45, 2.75) is 6.42 Å². The fourth-order valence-corrected chi connectivity index (χ4v) is 2.30. The lowest BCUT2D eigenvalue weighted by molar-refractivity contribution is -0.115. The van der Waals surface area contributed by atoms with Gasteiger partial charge in [0.15, 0.2) is 5.76 Å². The predicted molar refractivity (Wildman–Crippen MR) is 90.7 cm³/mol. The highest BCUT2D eigenvalue weighted by Crippen LogP contribution is 2.22. The first-order valence-corrected chi connectivity index (χ1v) is 7.63. The van der Waals surface area contributed by atoms with Crippen molar-refractivity contribution in [2.24, 2.45) is 0 Å². The van der Waals surface area contributed by atoms with Crippen LogP contribution in [0.15, 0.2) is 59.1 Å². The van der Waals surface area contributed by atoms with Crippen LogP contribution in [0.1, 0.15) is 5.69 Å². The van der Waals surface area contributed by atoms with E-state index in [2.05, 4.69) is 10.5 Å². The Morgan fingerprint density at radius 3 is 2.26 bits per heavy atom. The van der Waals surface area contributed by atoms with Gasteiger partial charge in [0.1, 0.15) is 0 Å². The Labute approximate surface area is 143 Å². The average Bonchev–Trinajstić information content (AvgIpc) is 2.98. The van der Waals surface area contributed by atoms with Crippen LogP contribution < -0.4 is 5.32 Å². The number of hydrogen-bond acceptors (Lipinski definition) is 3. The lowest BCUT2D eigenvalue weighted by atomic mass is 10.1. The molecule has 0 aliphatic carbocycles. The number of carbonyl (C=O) groups is 1. The zero-order valence-corrected chi connectivity index (χ0v) is 13.4. The van der Waals surface area contributed by atoms with Gasteiger partial charge in [-0.1, -0.05) is 28.4 Å². The van der Waals surface area contributed by atoms with Crippen LogP contribution in [0.4, 0.5) is 5.69 Å². The molecule has 0 aliphatic rings. The van der Waals surface area contributed by atoms with Gasteiger partial charge in [-0.05, 0) is 48.5 Å². The normalized spacial score (nSPS) is 10.5. The van der Waals surface area contributed by atoms with Gasteiger partial charge in [0.2, 0.25) is 5.91 Å². The molecule has 0 spiro atoms. The smallest absolute Gasteiger partial charge is 0.230 e. The Hall–Kier alpha value is -2.30. The fraction of sp³-hybridized carbons (Fsp3) is 0.0588. The summed E-state index contributed by atoms with van der Waals surface area (Å²) in [5.41, 5.74) is 2.09. The van der Waals surface area contributed by atoms with E-state index >= 15 is 0 Å². The number of hydrogen-bond donors (Lipinski definition) is 1. The Kier molecular flexibility index (Phi) is 4.65. The highest BCUT2D eigenvalue weighted by molar-refractivity contribution is 6.30. The van der Waals surface area contributed by atoms with Crippen molar-refractivity contribution in [3.8, 4) is 11.3 Å². The summed E-state index contributed by atoms with van der Waals surface area (Å²) in [6.07, 6.45) is 0.125. The summed E-state index contributed by atoms with van der Waals surface area (Å²) in [4.78, 5) is 12.0. The maximum Gasteiger partial charge on any atom is 0.230 e. The van der Waals surface area contributed by atoms with E-state index in [0.29, 0.717) is 27.2 Å². The van der Waals surface area contributed by atoms with Crippen molar-refractivity contribution < 1.29 is 9.32 Å². The zero-order valence-electron chi connectivity index (χ0n) is 11.9. The Morgan fingerprint density at radius 2 is 1.61 bits per heavy atom. The standard InChI is InChI=1S/C17H12Cl2N2O2/c18-12-3-1-11(2-4-12)16-9-15(21-23-16)10-17(22)20-14-7-5-13(19)6-8-14/h1-9H,10H2,(H,20,22). The number of nitrogens with zero attached hydrogens (tertiary/aromatic N) is 1. The molecule has 0 saturated heterocycles. The van der Waals surface area contributed by atoms with E-state index in [-0.39, 0.29) is 12.3 Å². The second-order valence-corrected chi connectivity index (χ2v) is 5.79. The zero-order chi connectivity index (χ0) is 16.2. The summed E-state index contributed by atoms with van der Waals surface area (Å²) < 4.78 is 5.27. The molecule has 3 rings (SSSR count). The Morgan fingerprint density at radius 1 is 1.00 bits per heavy atom. The Bertz CT molecular complexity index is 811. The van der Waals surface area contributed by atoms with Gasteiger partial charge in [-0.25, -0.2) is 0 Å². The van der Waals surface area contributed by atoms with Crippen LogP contribution in [0.2, 0.25) is 10.0 Å². The van der Waals surface area contributed by atoms with E-state index in [0.717, 1.165) is 5.56 Å². The van der Waals surface area contributed by atoms with Crippen LogP contribution in [0.25, 0.3) is 11.3 Å². The number of rotatable bonds is 4. The summed E-state index contributed by atoms with van der Waals surface area (Å²) in [6.45, 7) is 0. The first kappa shape index (κ1) is 15.6. The van der Waals surface area contributed by atoms with E-state index in [1.165, 1.54) is 0 Å². The SMILES string of the molecule is O=C(Cc1cc(-c2ccc(Cl)cc2)on1)Nc1ccc(Cl)cc1. The van der Waals surface area contributed by atoms with Crippen LogP contribution in [0.5, 0.6) is 0 Å². The summed E-state index contributed by atoms with van der Waals surface area (Å²) >= 11 is 11.7. The van der Waals surface area contributed by atoms with Crippen LogP contribution in [0.3, 0.4) is 0 Å². The topological polar surface area (TPSA) is 55.1 Å². The first-order chi connectivity index (χ1) is 11.1. The molecule has 0 bridgehead atoms. The van der Waals surface area contributed by atoms with Crippen molar-refractivity contribution in [3.63, 3.8) is 0 Å². The number of nitrogens with one attached hydrogen (secondary N) is 1. The minimum Gasteiger partial charge on any atom is -0.356 e. The minimum atomic E-state index is -0.178. The van der Waals surface area contributed by atoms with Crippen molar-refractivity contribution in [2.75, 3.05) is 5.32 Å². The van der Waals surface area contributed by atoms with E-state index in [1.54, 1.807) is 42.5 Å². The van der Waals surface area contributed by atoms with Crippen molar-refractivity contribution >= 4 is 34.8 Å². The highest BCUT2D eigenvalue weighted by Gasteiger charge is 2.11. The largest absolute Gasteiger partial charge is 0.356 e. The van der Waals surface area contributed by atoms with Crippen LogP contribution in [0, 0.1) is 0 Å². The van der Waals surface area contributed by atoms with Gasteiger partial charge in [-0.3, -0.25) is 4.79 Å². The molecule has 0 radical (unpaired) electrons. The predicted octanol–water partition coefficient (Wildman–Crippen LogP) is 4.83. The molecule has 1 heterocycles. The molecule has 116 valence electrons. The third-order valence-corrected chi connectivity index (χ3v) is 3.66. The molecule has 0 saturated carbocycles. The molecule has 1 N–H and O–H groups in total. The third-order valence-electron chi connectivity index (χ3n) is 3.16. The van der Waals surface area contributed by atoms with Crippen LogP contribution >= 0.6 is 23.2 Å².